The summed E-state index contributed by atoms with van der Waals surface area (Å²) in [5.41, 5.74) is 0.131. The van der Waals surface area contributed by atoms with Crippen molar-refractivity contribution in [3.63, 3.8) is 0 Å². The van der Waals surface area contributed by atoms with Crippen LogP contribution < -0.4 is 5.32 Å². The second-order valence-corrected chi connectivity index (χ2v) is 4.70. The highest BCUT2D eigenvalue weighted by Gasteiger charge is 2.17. The number of aryl methyl sites for hydroxylation is 1. The van der Waals surface area contributed by atoms with Crippen LogP contribution in [0.4, 0.5) is 5.95 Å². The zero-order chi connectivity index (χ0) is 11.3. The molecule has 0 aliphatic rings. The standard InChI is InChI=1S/C12H23N3/c1-5-7-12(3,4)14-11-13-8-10-15(11)9-6-2/h8,10H,5-7,9H2,1-4H3,(H,13,14). The van der Waals surface area contributed by atoms with E-state index in [2.05, 4.69) is 42.6 Å². The topological polar surface area (TPSA) is 29.9 Å². The second-order valence-electron chi connectivity index (χ2n) is 4.70. The number of nitrogens with zero attached hydrogens (tertiary/aromatic N) is 2. The monoisotopic (exact) mass is 209 g/mol. The fraction of sp³-hybridized carbons (Fsp3) is 0.750. The molecule has 86 valence electrons. The summed E-state index contributed by atoms with van der Waals surface area (Å²) < 4.78 is 2.18. The molecule has 0 amide bonds. The van der Waals surface area contributed by atoms with Crippen LogP contribution in [0.5, 0.6) is 0 Å². The van der Waals surface area contributed by atoms with Gasteiger partial charge in [-0.25, -0.2) is 4.98 Å². The molecule has 0 radical (unpaired) electrons. The third-order valence-electron chi connectivity index (χ3n) is 2.51. The maximum absolute atomic E-state index is 4.35. The van der Waals surface area contributed by atoms with Crippen LogP contribution in [0.1, 0.15) is 47.0 Å². The molecule has 1 N–H and O–H groups in total. The van der Waals surface area contributed by atoms with Crippen LogP contribution in [0.2, 0.25) is 0 Å². The quantitative estimate of drug-likeness (QED) is 0.779. The Morgan fingerprint density at radius 3 is 2.67 bits per heavy atom. The largest absolute Gasteiger partial charge is 0.351 e. The molecular formula is C12H23N3. The molecule has 1 aromatic heterocycles. The summed E-state index contributed by atoms with van der Waals surface area (Å²) in [4.78, 5) is 4.35. The van der Waals surface area contributed by atoms with Crippen LogP contribution in [0.25, 0.3) is 0 Å². The molecule has 0 atom stereocenters. The van der Waals surface area contributed by atoms with Crippen LogP contribution in [-0.4, -0.2) is 15.1 Å². The summed E-state index contributed by atoms with van der Waals surface area (Å²) in [6, 6.07) is 0. The number of imidazole rings is 1. The Labute approximate surface area is 92.9 Å². The van der Waals surface area contributed by atoms with E-state index < -0.39 is 0 Å². The van der Waals surface area contributed by atoms with E-state index in [1.165, 1.54) is 6.42 Å². The first-order valence-electron chi connectivity index (χ1n) is 5.88. The smallest absolute Gasteiger partial charge is 0.203 e. The summed E-state index contributed by atoms with van der Waals surface area (Å²) in [6.45, 7) is 9.87. The number of anilines is 1. The van der Waals surface area contributed by atoms with Gasteiger partial charge in [0.2, 0.25) is 5.95 Å². The Bertz CT molecular complexity index is 289. The molecule has 0 saturated carbocycles. The van der Waals surface area contributed by atoms with E-state index in [0.29, 0.717) is 0 Å². The van der Waals surface area contributed by atoms with E-state index in [4.69, 9.17) is 0 Å². The van der Waals surface area contributed by atoms with Crippen molar-refractivity contribution >= 4 is 5.95 Å². The van der Waals surface area contributed by atoms with Gasteiger partial charge in [-0.05, 0) is 26.7 Å². The molecule has 0 unspecified atom stereocenters. The van der Waals surface area contributed by atoms with Gasteiger partial charge < -0.3 is 9.88 Å². The van der Waals surface area contributed by atoms with Crippen LogP contribution in [0.15, 0.2) is 12.4 Å². The third kappa shape index (κ3) is 3.57. The minimum atomic E-state index is 0.131. The van der Waals surface area contributed by atoms with Gasteiger partial charge in [-0.15, -0.1) is 0 Å². The molecule has 1 heterocycles. The fourth-order valence-electron chi connectivity index (χ4n) is 1.84. The lowest BCUT2D eigenvalue weighted by Gasteiger charge is -2.26. The lowest BCUT2D eigenvalue weighted by atomic mass is 9.99. The van der Waals surface area contributed by atoms with Crippen molar-refractivity contribution in [1.82, 2.24) is 9.55 Å². The number of hydrogen-bond donors (Lipinski definition) is 1. The minimum Gasteiger partial charge on any atom is -0.351 e. The highest BCUT2D eigenvalue weighted by molar-refractivity contribution is 5.29. The van der Waals surface area contributed by atoms with Gasteiger partial charge in [0.25, 0.3) is 0 Å². The molecule has 3 heteroatoms. The van der Waals surface area contributed by atoms with Crippen molar-refractivity contribution in [3.8, 4) is 0 Å². The summed E-state index contributed by atoms with van der Waals surface area (Å²) in [6.07, 6.45) is 7.38. The first-order valence-corrected chi connectivity index (χ1v) is 5.88. The molecule has 0 fully saturated rings. The normalized spacial score (nSPS) is 11.7. The Morgan fingerprint density at radius 1 is 1.33 bits per heavy atom. The molecular weight excluding hydrogens is 186 g/mol. The first kappa shape index (κ1) is 12.1. The van der Waals surface area contributed by atoms with Gasteiger partial charge in [0, 0.05) is 24.5 Å². The Balaban J connectivity index is 2.66. The van der Waals surface area contributed by atoms with Crippen molar-refractivity contribution in [2.75, 3.05) is 5.32 Å². The summed E-state index contributed by atoms with van der Waals surface area (Å²) >= 11 is 0. The SMILES string of the molecule is CCCn1ccnc1NC(C)(C)CCC. The summed E-state index contributed by atoms with van der Waals surface area (Å²) in [5, 5.41) is 3.50. The van der Waals surface area contributed by atoms with Crippen molar-refractivity contribution in [2.45, 2.75) is 59.0 Å². The van der Waals surface area contributed by atoms with E-state index in [1.54, 1.807) is 0 Å². The summed E-state index contributed by atoms with van der Waals surface area (Å²) in [5.74, 6) is 0.996. The van der Waals surface area contributed by atoms with Gasteiger partial charge in [0.1, 0.15) is 0 Å². The van der Waals surface area contributed by atoms with Crippen LogP contribution >= 0.6 is 0 Å². The van der Waals surface area contributed by atoms with Gasteiger partial charge in [-0.2, -0.15) is 0 Å². The molecule has 0 bridgehead atoms. The van der Waals surface area contributed by atoms with Crippen molar-refractivity contribution < 1.29 is 0 Å². The van der Waals surface area contributed by atoms with E-state index in [9.17, 15) is 0 Å². The van der Waals surface area contributed by atoms with Crippen LogP contribution in [-0.2, 0) is 6.54 Å². The summed E-state index contributed by atoms with van der Waals surface area (Å²) in [7, 11) is 0. The predicted octanol–water partition coefficient (Wildman–Crippen LogP) is 3.28. The van der Waals surface area contributed by atoms with Crippen molar-refractivity contribution in [2.24, 2.45) is 0 Å². The van der Waals surface area contributed by atoms with Crippen molar-refractivity contribution in [1.29, 1.82) is 0 Å². The highest BCUT2D eigenvalue weighted by Crippen LogP contribution is 2.18. The highest BCUT2D eigenvalue weighted by atomic mass is 15.2. The maximum Gasteiger partial charge on any atom is 0.203 e. The molecule has 3 nitrogen and oxygen atoms in total. The molecule has 1 rings (SSSR count). The second kappa shape index (κ2) is 5.19. The van der Waals surface area contributed by atoms with E-state index in [1.807, 2.05) is 12.4 Å². The molecule has 15 heavy (non-hydrogen) atoms. The van der Waals surface area contributed by atoms with Gasteiger partial charge in [-0.3, -0.25) is 0 Å². The molecule has 0 aliphatic heterocycles. The molecule has 1 aromatic rings. The van der Waals surface area contributed by atoms with Gasteiger partial charge in [0.05, 0.1) is 0 Å². The predicted molar refractivity (Wildman–Crippen MR) is 65.1 cm³/mol. The van der Waals surface area contributed by atoms with Crippen LogP contribution in [0.3, 0.4) is 0 Å². The molecule has 0 aromatic carbocycles. The average molecular weight is 209 g/mol. The zero-order valence-electron chi connectivity index (χ0n) is 10.4. The molecule has 0 saturated heterocycles. The van der Waals surface area contributed by atoms with Crippen LogP contribution in [0, 0.1) is 0 Å². The molecule has 0 aliphatic carbocycles. The Kier molecular flexibility index (Phi) is 4.18. The van der Waals surface area contributed by atoms with E-state index >= 15 is 0 Å². The maximum atomic E-state index is 4.35. The number of aromatic nitrogens is 2. The van der Waals surface area contributed by atoms with Gasteiger partial charge in [-0.1, -0.05) is 20.3 Å². The van der Waals surface area contributed by atoms with E-state index in [-0.39, 0.29) is 5.54 Å². The van der Waals surface area contributed by atoms with Gasteiger partial charge >= 0.3 is 0 Å². The third-order valence-corrected chi connectivity index (χ3v) is 2.51. The zero-order valence-corrected chi connectivity index (χ0v) is 10.4. The number of hydrogen-bond acceptors (Lipinski definition) is 2. The number of rotatable bonds is 6. The Morgan fingerprint density at radius 2 is 2.07 bits per heavy atom. The Hall–Kier alpha value is -0.990. The lowest BCUT2D eigenvalue weighted by Crippen LogP contribution is -2.32. The number of nitrogens with one attached hydrogen (secondary N) is 1. The van der Waals surface area contributed by atoms with Crippen molar-refractivity contribution in [3.05, 3.63) is 12.4 Å². The molecule has 0 spiro atoms. The van der Waals surface area contributed by atoms with E-state index in [0.717, 1.165) is 25.3 Å². The van der Waals surface area contributed by atoms with Gasteiger partial charge in [0.15, 0.2) is 0 Å². The fourth-order valence-corrected chi connectivity index (χ4v) is 1.84. The average Bonchev–Trinajstić information content (AvgIpc) is 2.52. The lowest BCUT2D eigenvalue weighted by molar-refractivity contribution is 0.501. The minimum absolute atomic E-state index is 0.131. The first-order chi connectivity index (χ1) is 7.09.